The van der Waals surface area contributed by atoms with E-state index in [1.54, 1.807) is 34.0 Å². The minimum atomic E-state index is -1.03. The van der Waals surface area contributed by atoms with Crippen LogP contribution in [0.5, 0.6) is 0 Å². The first-order valence-electron chi connectivity index (χ1n) is 4.25. The van der Waals surface area contributed by atoms with Gasteiger partial charge in [0, 0.05) is 7.05 Å². The third-order valence-electron chi connectivity index (χ3n) is 2.26. The Balaban J connectivity index is 2.95. The lowest BCUT2D eigenvalue weighted by molar-refractivity contribution is -0.142. The predicted octanol–water partition coefficient (Wildman–Crippen LogP) is 1.28. The fraction of sp³-hybridized carbons (Fsp3) is 0.556. The summed E-state index contributed by atoms with van der Waals surface area (Å²) in [5, 5.41) is 8.97. The summed E-state index contributed by atoms with van der Waals surface area (Å²) in [6, 6.07) is 0.315. The molecule has 0 aliphatic rings. The Morgan fingerprint density at radius 1 is 1.64 bits per heavy atom. The van der Waals surface area contributed by atoms with Gasteiger partial charge in [-0.2, -0.15) is 0 Å². The van der Waals surface area contributed by atoms with Crippen LogP contribution in [0.3, 0.4) is 0 Å². The van der Waals surface area contributed by atoms with E-state index in [1.807, 2.05) is 0 Å². The first-order chi connectivity index (χ1) is 6.35. The number of nitrogens with zero attached hydrogens (tertiary/aromatic N) is 2. The third-order valence-corrected chi connectivity index (χ3v) is 2.26. The summed E-state index contributed by atoms with van der Waals surface area (Å²) in [4.78, 5) is 16.4. The molecule has 78 valence electrons. The van der Waals surface area contributed by atoms with Crippen LogP contribution < -0.4 is 4.90 Å². The summed E-state index contributed by atoms with van der Waals surface area (Å²) >= 11 is 0. The first kappa shape index (κ1) is 10.6. The summed E-state index contributed by atoms with van der Waals surface area (Å²) in [6.07, 6.45) is 1.56. The molecule has 5 nitrogen and oxygen atoms in total. The fourth-order valence-corrected chi connectivity index (χ4v) is 0.880. The van der Waals surface area contributed by atoms with Crippen molar-refractivity contribution in [2.24, 2.45) is 0 Å². The Morgan fingerprint density at radius 3 is 2.57 bits per heavy atom. The Morgan fingerprint density at radius 2 is 2.21 bits per heavy atom. The fourth-order valence-electron chi connectivity index (χ4n) is 0.880. The van der Waals surface area contributed by atoms with Gasteiger partial charge in [0.1, 0.15) is 11.3 Å². The number of aliphatic carboxylic acids is 1. The molecule has 0 bridgehead atoms. The highest BCUT2D eigenvalue weighted by Crippen LogP contribution is 2.21. The van der Waals surface area contributed by atoms with Crippen molar-refractivity contribution in [3.63, 3.8) is 0 Å². The van der Waals surface area contributed by atoms with Crippen molar-refractivity contribution >= 4 is 12.0 Å². The summed E-state index contributed by atoms with van der Waals surface area (Å²) < 4.78 is 5.23. The third kappa shape index (κ3) is 1.71. The van der Waals surface area contributed by atoms with Crippen LogP contribution in [0.2, 0.25) is 0 Å². The SMILES string of the molecule is Cc1cnc(N(C)C(C)(C)C(=O)O)o1. The molecule has 0 fully saturated rings. The number of aromatic nitrogens is 1. The average molecular weight is 198 g/mol. The topological polar surface area (TPSA) is 66.6 Å². The first-order valence-corrected chi connectivity index (χ1v) is 4.25. The summed E-state index contributed by atoms with van der Waals surface area (Å²) in [6.45, 7) is 4.95. The Bertz CT molecular complexity index is 344. The molecule has 1 heterocycles. The number of carboxylic acids is 1. The van der Waals surface area contributed by atoms with E-state index in [9.17, 15) is 4.79 Å². The van der Waals surface area contributed by atoms with Crippen molar-refractivity contribution < 1.29 is 14.3 Å². The van der Waals surface area contributed by atoms with E-state index in [1.165, 1.54) is 4.90 Å². The van der Waals surface area contributed by atoms with Crippen LogP contribution in [-0.4, -0.2) is 28.6 Å². The van der Waals surface area contributed by atoms with Crippen LogP contribution in [0.15, 0.2) is 10.6 Å². The van der Waals surface area contributed by atoms with Gasteiger partial charge in [0.25, 0.3) is 6.01 Å². The molecule has 14 heavy (non-hydrogen) atoms. The molecule has 0 aromatic carbocycles. The highest BCUT2D eigenvalue weighted by molar-refractivity contribution is 5.81. The van der Waals surface area contributed by atoms with E-state index >= 15 is 0 Å². The van der Waals surface area contributed by atoms with Crippen molar-refractivity contribution in [3.8, 4) is 0 Å². The van der Waals surface area contributed by atoms with E-state index in [0.29, 0.717) is 11.8 Å². The number of carboxylic acid groups (broad SMARTS) is 1. The lowest BCUT2D eigenvalue weighted by atomic mass is 10.1. The number of carbonyl (C=O) groups is 1. The van der Waals surface area contributed by atoms with E-state index in [4.69, 9.17) is 9.52 Å². The number of rotatable bonds is 3. The maximum absolute atomic E-state index is 10.9. The van der Waals surface area contributed by atoms with Gasteiger partial charge in [-0.15, -0.1) is 0 Å². The highest BCUT2D eigenvalue weighted by Gasteiger charge is 2.34. The van der Waals surface area contributed by atoms with Crippen LogP contribution >= 0.6 is 0 Å². The molecule has 1 N–H and O–H groups in total. The van der Waals surface area contributed by atoms with E-state index in [2.05, 4.69) is 4.98 Å². The molecular weight excluding hydrogens is 184 g/mol. The van der Waals surface area contributed by atoms with Gasteiger partial charge in [-0.1, -0.05) is 0 Å². The molecule has 0 amide bonds. The molecule has 1 aromatic heterocycles. The molecule has 1 aromatic rings. The Hall–Kier alpha value is -1.52. The zero-order valence-corrected chi connectivity index (χ0v) is 8.74. The van der Waals surface area contributed by atoms with Gasteiger partial charge in [-0.05, 0) is 20.8 Å². The highest BCUT2D eigenvalue weighted by atomic mass is 16.4. The summed E-state index contributed by atoms with van der Waals surface area (Å²) in [5.74, 6) is -0.260. The maximum atomic E-state index is 10.9. The second-order valence-electron chi connectivity index (χ2n) is 3.68. The van der Waals surface area contributed by atoms with Gasteiger partial charge in [0.15, 0.2) is 0 Å². The minimum Gasteiger partial charge on any atom is -0.480 e. The zero-order valence-electron chi connectivity index (χ0n) is 8.74. The van der Waals surface area contributed by atoms with Crippen LogP contribution in [-0.2, 0) is 4.79 Å². The lowest BCUT2D eigenvalue weighted by Gasteiger charge is -2.29. The van der Waals surface area contributed by atoms with E-state index in [0.717, 1.165) is 0 Å². The molecule has 0 radical (unpaired) electrons. The van der Waals surface area contributed by atoms with Gasteiger partial charge in [-0.25, -0.2) is 9.78 Å². The number of aryl methyl sites for hydroxylation is 1. The summed E-state index contributed by atoms with van der Waals surface area (Å²) in [5.41, 5.74) is -1.03. The van der Waals surface area contributed by atoms with Gasteiger partial charge in [0.2, 0.25) is 0 Å². The van der Waals surface area contributed by atoms with Gasteiger partial charge in [-0.3, -0.25) is 0 Å². The monoisotopic (exact) mass is 198 g/mol. The molecule has 0 spiro atoms. The average Bonchev–Trinajstić information content (AvgIpc) is 2.50. The van der Waals surface area contributed by atoms with Crippen molar-refractivity contribution in [1.29, 1.82) is 0 Å². The van der Waals surface area contributed by atoms with Crippen LogP contribution in [0.1, 0.15) is 19.6 Å². The number of likely N-dealkylation sites (N-methyl/N-ethyl adjacent to an activating group) is 1. The standard InChI is InChI=1S/C9H14N2O3/c1-6-5-10-8(14-6)11(4)9(2,3)7(12)13/h5H,1-4H3,(H,12,13). The summed E-state index contributed by atoms with van der Waals surface area (Å²) in [7, 11) is 1.64. The molecule has 0 aliphatic carbocycles. The molecule has 0 saturated heterocycles. The number of anilines is 1. The van der Waals surface area contributed by atoms with Crippen LogP contribution in [0.4, 0.5) is 6.01 Å². The van der Waals surface area contributed by atoms with E-state index < -0.39 is 11.5 Å². The van der Waals surface area contributed by atoms with Gasteiger partial charge < -0.3 is 14.4 Å². The zero-order chi connectivity index (χ0) is 10.9. The maximum Gasteiger partial charge on any atom is 0.329 e. The molecular formula is C9H14N2O3. The normalized spacial score (nSPS) is 11.4. The lowest BCUT2D eigenvalue weighted by Crippen LogP contribution is -2.48. The largest absolute Gasteiger partial charge is 0.480 e. The Labute approximate surface area is 82.4 Å². The molecule has 0 unspecified atom stereocenters. The van der Waals surface area contributed by atoms with Crippen molar-refractivity contribution in [3.05, 3.63) is 12.0 Å². The molecule has 0 atom stereocenters. The van der Waals surface area contributed by atoms with E-state index in [-0.39, 0.29) is 0 Å². The van der Waals surface area contributed by atoms with Crippen molar-refractivity contribution in [2.75, 3.05) is 11.9 Å². The molecule has 0 aliphatic heterocycles. The second kappa shape index (κ2) is 3.32. The molecule has 0 saturated carbocycles. The molecule has 1 rings (SSSR count). The Kier molecular flexibility index (Phi) is 2.51. The van der Waals surface area contributed by atoms with Crippen molar-refractivity contribution in [2.45, 2.75) is 26.3 Å². The van der Waals surface area contributed by atoms with Gasteiger partial charge in [0.05, 0.1) is 6.20 Å². The number of oxazole rings is 1. The van der Waals surface area contributed by atoms with Gasteiger partial charge >= 0.3 is 5.97 Å². The van der Waals surface area contributed by atoms with Crippen LogP contribution in [0.25, 0.3) is 0 Å². The number of hydrogen-bond acceptors (Lipinski definition) is 4. The minimum absolute atomic E-state index is 0.315. The van der Waals surface area contributed by atoms with Crippen molar-refractivity contribution in [1.82, 2.24) is 4.98 Å². The smallest absolute Gasteiger partial charge is 0.329 e. The number of hydrogen-bond donors (Lipinski definition) is 1. The quantitative estimate of drug-likeness (QED) is 0.792. The predicted molar refractivity (Wildman–Crippen MR) is 51.4 cm³/mol. The second-order valence-corrected chi connectivity index (χ2v) is 3.68. The van der Waals surface area contributed by atoms with Crippen LogP contribution in [0, 0.1) is 6.92 Å². The molecule has 5 heteroatoms.